The molecule has 0 spiro atoms. The van der Waals surface area contributed by atoms with Crippen LogP contribution < -0.4 is 0 Å². The molecule has 0 heterocycles. The van der Waals surface area contributed by atoms with Crippen LogP contribution in [0, 0.1) is 13.8 Å². The molecule has 0 aliphatic heterocycles. The molecule has 0 fully saturated rings. The SMILES string of the molecule is CC(=O)Cc1cc(C)ccc1C. The van der Waals surface area contributed by atoms with Crippen LogP contribution in [-0.2, 0) is 11.2 Å². The van der Waals surface area contributed by atoms with Gasteiger partial charge in [0.25, 0.3) is 0 Å². The van der Waals surface area contributed by atoms with Crippen LogP contribution in [0.5, 0.6) is 0 Å². The van der Waals surface area contributed by atoms with Gasteiger partial charge in [-0.15, -0.1) is 0 Å². The first-order chi connectivity index (χ1) is 5.59. The molecule has 0 atom stereocenters. The molecule has 1 aromatic carbocycles. The monoisotopic (exact) mass is 162 g/mol. The molecular formula is C11H14O. The average molecular weight is 162 g/mol. The van der Waals surface area contributed by atoms with Crippen molar-refractivity contribution in [2.24, 2.45) is 0 Å². The molecule has 0 saturated carbocycles. The quantitative estimate of drug-likeness (QED) is 0.652. The van der Waals surface area contributed by atoms with E-state index < -0.39 is 0 Å². The number of carbonyl (C=O) groups is 1. The first-order valence-corrected chi connectivity index (χ1v) is 4.15. The van der Waals surface area contributed by atoms with Gasteiger partial charge in [0.1, 0.15) is 5.78 Å². The first kappa shape index (κ1) is 8.98. The molecule has 0 radical (unpaired) electrons. The fourth-order valence-corrected chi connectivity index (χ4v) is 1.26. The minimum absolute atomic E-state index is 0.226. The van der Waals surface area contributed by atoms with Crippen molar-refractivity contribution in [1.82, 2.24) is 0 Å². The second kappa shape index (κ2) is 3.53. The van der Waals surface area contributed by atoms with E-state index in [9.17, 15) is 4.79 Å². The Balaban J connectivity index is 2.97. The minimum Gasteiger partial charge on any atom is -0.300 e. The number of carbonyl (C=O) groups excluding carboxylic acids is 1. The number of hydrogen-bond acceptors (Lipinski definition) is 1. The van der Waals surface area contributed by atoms with E-state index in [0.717, 1.165) is 5.56 Å². The normalized spacial score (nSPS) is 9.92. The lowest BCUT2D eigenvalue weighted by Crippen LogP contribution is -1.98. The molecule has 0 bridgehead atoms. The van der Waals surface area contributed by atoms with Crippen LogP contribution in [0.4, 0.5) is 0 Å². The van der Waals surface area contributed by atoms with Crippen molar-refractivity contribution in [3.63, 3.8) is 0 Å². The van der Waals surface area contributed by atoms with Gasteiger partial charge in [-0.05, 0) is 31.9 Å². The van der Waals surface area contributed by atoms with Gasteiger partial charge in [-0.1, -0.05) is 23.8 Å². The highest BCUT2D eigenvalue weighted by Gasteiger charge is 2.00. The highest BCUT2D eigenvalue weighted by molar-refractivity contribution is 5.78. The van der Waals surface area contributed by atoms with E-state index in [2.05, 4.69) is 18.2 Å². The molecular weight excluding hydrogens is 148 g/mol. The summed E-state index contributed by atoms with van der Waals surface area (Å²) in [5.41, 5.74) is 3.58. The molecule has 0 aliphatic carbocycles. The molecule has 1 aromatic rings. The highest BCUT2D eigenvalue weighted by atomic mass is 16.1. The number of hydrogen-bond donors (Lipinski definition) is 0. The second-order valence-corrected chi connectivity index (χ2v) is 3.31. The lowest BCUT2D eigenvalue weighted by atomic mass is 10.0. The van der Waals surface area contributed by atoms with Gasteiger partial charge < -0.3 is 0 Å². The minimum atomic E-state index is 0.226. The standard InChI is InChI=1S/C11H14O/c1-8-4-5-9(2)11(6-8)7-10(3)12/h4-6H,7H2,1-3H3. The Morgan fingerprint density at radius 2 is 2.00 bits per heavy atom. The zero-order valence-corrected chi connectivity index (χ0v) is 7.85. The summed E-state index contributed by atoms with van der Waals surface area (Å²) in [6.07, 6.45) is 0.563. The average Bonchev–Trinajstić information content (AvgIpc) is 1.96. The van der Waals surface area contributed by atoms with E-state index in [1.807, 2.05) is 13.8 Å². The van der Waals surface area contributed by atoms with Crippen molar-refractivity contribution in [1.29, 1.82) is 0 Å². The van der Waals surface area contributed by atoms with Crippen molar-refractivity contribution in [2.75, 3.05) is 0 Å². The van der Waals surface area contributed by atoms with Gasteiger partial charge in [0.05, 0.1) is 0 Å². The smallest absolute Gasteiger partial charge is 0.134 e. The maximum atomic E-state index is 10.9. The predicted octanol–water partition coefficient (Wildman–Crippen LogP) is 2.43. The number of aryl methyl sites for hydroxylation is 2. The Hall–Kier alpha value is -1.11. The molecule has 64 valence electrons. The van der Waals surface area contributed by atoms with Gasteiger partial charge in [-0.2, -0.15) is 0 Å². The van der Waals surface area contributed by atoms with Gasteiger partial charge in [0.15, 0.2) is 0 Å². The van der Waals surface area contributed by atoms with Crippen molar-refractivity contribution in [3.8, 4) is 0 Å². The fourth-order valence-electron chi connectivity index (χ4n) is 1.26. The van der Waals surface area contributed by atoms with Crippen LogP contribution in [0.15, 0.2) is 18.2 Å². The highest BCUT2D eigenvalue weighted by Crippen LogP contribution is 2.11. The summed E-state index contributed by atoms with van der Waals surface area (Å²) < 4.78 is 0. The molecule has 1 nitrogen and oxygen atoms in total. The van der Waals surface area contributed by atoms with Crippen molar-refractivity contribution < 1.29 is 4.79 Å². The Bertz CT molecular complexity index is 300. The van der Waals surface area contributed by atoms with E-state index >= 15 is 0 Å². The van der Waals surface area contributed by atoms with Crippen LogP contribution in [-0.4, -0.2) is 5.78 Å². The molecule has 0 unspecified atom stereocenters. The molecule has 0 aromatic heterocycles. The lowest BCUT2D eigenvalue weighted by molar-refractivity contribution is -0.116. The van der Waals surface area contributed by atoms with E-state index in [4.69, 9.17) is 0 Å². The summed E-state index contributed by atoms with van der Waals surface area (Å²) >= 11 is 0. The largest absolute Gasteiger partial charge is 0.300 e. The molecule has 12 heavy (non-hydrogen) atoms. The van der Waals surface area contributed by atoms with Crippen LogP contribution in [0.1, 0.15) is 23.6 Å². The lowest BCUT2D eigenvalue weighted by Gasteiger charge is -2.03. The van der Waals surface area contributed by atoms with Crippen molar-refractivity contribution in [2.45, 2.75) is 27.2 Å². The summed E-state index contributed by atoms with van der Waals surface area (Å²) in [6, 6.07) is 6.21. The Morgan fingerprint density at radius 3 is 2.58 bits per heavy atom. The summed E-state index contributed by atoms with van der Waals surface area (Å²) in [5.74, 6) is 0.226. The van der Waals surface area contributed by atoms with Gasteiger partial charge in [0.2, 0.25) is 0 Å². The van der Waals surface area contributed by atoms with Gasteiger partial charge in [-0.3, -0.25) is 4.79 Å². The maximum Gasteiger partial charge on any atom is 0.134 e. The summed E-state index contributed by atoms with van der Waals surface area (Å²) in [4.78, 5) is 10.9. The number of ketones is 1. The van der Waals surface area contributed by atoms with E-state index in [-0.39, 0.29) is 5.78 Å². The van der Waals surface area contributed by atoms with Crippen LogP contribution in [0.2, 0.25) is 0 Å². The van der Waals surface area contributed by atoms with Crippen molar-refractivity contribution >= 4 is 5.78 Å². The molecule has 1 rings (SSSR count). The third-order valence-electron chi connectivity index (χ3n) is 1.94. The van der Waals surface area contributed by atoms with Crippen LogP contribution in [0.25, 0.3) is 0 Å². The molecule has 1 heteroatoms. The number of rotatable bonds is 2. The Labute approximate surface area is 73.4 Å². The van der Waals surface area contributed by atoms with Crippen LogP contribution >= 0.6 is 0 Å². The predicted molar refractivity (Wildman–Crippen MR) is 50.3 cm³/mol. The van der Waals surface area contributed by atoms with E-state index in [0.29, 0.717) is 6.42 Å². The van der Waals surface area contributed by atoms with Gasteiger partial charge >= 0.3 is 0 Å². The summed E-state index contributed by atoms with van der Waals surface area (Å²) in [7, 11) is 0. The van der Waals surface area contributed by atoms with Gasteiger partial charge in [-0.25, -0.2) is 0 Å². The third-order valence-corrected chi connectivity index (χ3v) is 1.94. The van der Waals surface area contributed by atoms with Crippen molar-refractivity contribution in [3.05, 3.63) is 34.9 Å². The molecule has 0 aliphatic rings. The maximum absolute atomic E-state index is 10.9. The number of Topliss-reactive ketones (excluding diaryl/α,β-unsaturated/α-hetero) is 1. The van der Waals surface area contributed by atoms with Gasteiger partial charge in [0, 0.05) is 6.42 Å². The Kier molecular flexibility index (Phi) is 2.64. The summed E-state index contributed by atoms with van der Waals surface area (Å²) in [5, 5.41) is 0. The summed E-state index contributed by atoms with van der Waals surface area (Å²) in [6.45, 7) is 5.71. The zero-order chi connectivity index (χ0) is 9.14. The topological polar surface area (TPSA) is 17.1 Å². The molecule has 0 amide bonds. The first-order valence-electron chi connectivity index (χ1n) is 4.15. The third kappa shape index (κ3) is 2.19. The molecule has 0 N–H and O–H groups in total. The fraction of sp³-hybridized carbons (Fsp3) is 0.364. The van der Waals surface area contributed by atoms with E-state index in [1.165, 1.54) is 11.1 Å². The van der Waals surface area contributed by atoms with E-state index in [1.54, 1.807) is 6.92 Å². The number of benzene rings is 1. The molecule has 0 saturated heterocycles. The second-order valence-electron chi connectivity index (χ2n) is 3.31. The Morgan fingerprint density at radius 1 is 1.33 bits per heavy atom. The zero-order valence-electron chi connectivity index (χ0n) is 7.85. The van der Waals surface area contributed by atoms with Crippen LogP contribution in [0.3, 0.4) is 0 Å².